The third-order valence-electron chi connectivity index (χ3n) is 3.87. The van der Waals surface area contributed by atoms with Crippen molar-refractivity contribution in [2.45, 2.75) is 19.9 Å². The number of benzene rings is 1. The number of nitrogens with zero attached hydrogens (tertiary/aromatic N) is 5. The number of guanidine groups is 1. The highest BCUT2D eigenvalue weighted by molar-refractivity contribution is 14.0. The molecule has 0 fully saturated rings. The van der Waals surface area contributed by atoms with Crippen LogP contribution in [0.5, 0.6) is 0 Å². The number of rotatable bonds is 6. The molecule has 0 aliphatic heterocycles. The van der Waals surface area contributed by atoms with Gasteiger partial charge in [-0.2, -0.15) is 4.98 Å². The third kappa shape index (κ3) is 5.78. The molecule has 2 aromatic heterocycles. The predicted molar refractivity (Wildman–Crippen MR) is 115 cm³/mol. The van der Waals surface area contributed by atoms with Gasteiger partial charge in [-0.1, -0.05) is 35.5 Å². The molecule has 0 unspecified atom stereocenters. The van der Waals surface area contributed by atoms with Crippen LogP contribution in [0, 0.1) is 6.92 Å². The smallest absolute Gasteiger partial charge is 0.228 e. The Bertz CT molecular complexity index is 859. The number of nitrogens with one attached hydrogen (secondary N) is 2. The van der Waals surface area contributed by atoms with Crippen LogP contribution < -0.4 is 5.32 Å². The minimum atomic E-state index is 0. The van der Waals surface area contributed by atoms with Gasteiger partial charge in [0.05, 0.1) is 18.4 Å². The van der Waals surface area contributed by atoms with Gasteiger partial charge in [-0.25, -0.2) is 4.98 Å². The molecule has 0 bridgehead atoms. The van der Waals surface area contributed by atoms with E-state index in [1.165, 1.54) is 0 Å². The molecular weight excluding hydrogens is 457 g/mol. The number of halogens is 1. The van der Waals surface area contributed by atoms with Gasteiger partial charge in [0, 0.05) is 27.1 Å². The average molecular weight is 481 g/mol. The first-order valence-corrected chi connectivity index (χ1v) is 8.46. The standard InChI is InChI=1S/C18H23N7O.HI/c1-13-22-17(26-24-13)9-10-20-18(19-2)25(3)12-16-21-11-15(23-16)14-7-5-4-6-8-14;/h4-8,11H,9-10,12H2,1-3H3,(H,19,20)(H,21,23);1H. The van der Waals surface area contributed by atoms with Crippen LogP contribution in [-0.4, -0.2) is 51.6 Å². The molecule has 1 aromatic carbocycles. The molecule has 0 atom stereocenters. The Morgan fingerprint density at radius 2 is 2.07 bits per heavy atom. The molecule has 2 N–H and O–H groups in total. The van der Waals surface area contributed by atoms with E-state index < -0.39 is 0 Å². The van der Waals surface area contributed by atoms with Crippen LogP contribution >= 0.6 is 24.0 Å². The zero-order chi connectivity index (χ0) is 18.4. The third-order valence-corrected chi connectivity index (χ3v) is 3.87. The normalized spacial score (nSPS) is 11.1. The summed E-state index contributed by atoms with van der Waals surface area (Å²) in [6.45, 7) is 3.08. The maximum absolute atomic E-state index is 5.11. The summed E-state index contributed by atoms with van der Waals surface area (Å²) in [5, 5.41) is 7.08. The van der Waals surface area contributed by atoms with Crippen molar-refractivity contribution in [3.05, 3.63) is 54.1 Å². The highest BCUT2D eigenvalue weighted by Crippen LogP contribution is 2.16. The quantitative estimate of drug-likeness (QED) is 0.320. The summed E-state index contributed by atoms with van der Waals surface area (Å²) in [6.07, 6.45) is 2.50. The average Bonchev–Trinajstić information content (AvgIpc) is 3.28. The van der Waals surface area contributed by atoms with Crippen molar-refractivity contribution in [3.8, 4) is 11.3 Å². The molecule has 8 nitrogen and oxygen atoms in total. The first kappa shape index (κ1) is 20.9. The van der Waals surface area contributed by atoms with Crippen molar-refractivity contribution in [2.75, 3.05) is 20.6 Å². The Balaban J connectivity index is 0.00000261. The molecule has 0 saturated carbocycles. The van der Waals surface area contributed by atoms with Crippen LogP contribution in [0.2, 0.25) is 0 Å². The van der Waals surface area contributed by atoms with Gasteiger partial charge in [-0.05, 0) is 12.5 Å². The molecule has 0 spiro atoms. The van der Waals surface area contributed by atoms with Crippen molar-refractivity contribution >= 4 is 29.9 Å². The molecule has 3 rings (SSSR count). The van der Waals surface area contributed by atoms with Gasteiger partial charge < -0.3 is 19.7 Å². The van der Waals surface area contributed by atoms with E-state index in [0.717, 1.165) is 23.0 Å². The number of aromatic nitrogens is 4. The molecule has 0 aliphatic carbocycles. The van der Waals surface area contributed by atoms with E-state index in [1.807, 2.05) is 36.3 Å². The maximum Gasteiger partial charge on any atom is 0.228 e. The summed E-state index contributed by atoms with van der Waals surface area (Å²) in [5.74, 6) is 2.92. The van der Waals surface area contributed by atoms with E-state index in [0.29, 0.717) is 31.2 Å². The Morgan fingerprint density at radius 1 is 1.30 bits per heavy atom. The molecule has 2 heterocycles. The lowest BCUT2D eigenvalue weighted by atomic mass is 10.2. The summed E-state index contributed by atoms with van der Waals surface area (Å²) in [4.78, 5) is 18.3. The minimum absolute atomic E-state index is 0. The van der Waals surface area contributed by atoms with Crippen LogP contribution in [0.1, 0.15) is 17.5 Å². The number of hydrogen-bond acceptors (Lipinski definition) is 5. The van der Waals surface area contributed by atoms with Crippen LogP contribution in [0.15, 0.2) is 46.0 Å². The first-order chi connectivity index (χ1) is 12.7. The number of aliphatic imine (C=N–C) groups is 1. The molecular formula is C18H24IN7O. The van der Waals surface area contributed by atoms with E-state index in [4.69, 9.17) is 4.52 Å². The van der Waals surface area contributed by atoms with Gasteiger partial charge in [0.15, 0.2) is 11.8 Å². The molecule has 144 valence electrons. The minimum Gasteiger partial charge on any atom is -0.356 e. The SMILES string of the molecule is CN=C(NCCc1nc(C)no1)N(C)Cc1ncc(-c2ccccc2)[nH]1.I. The van der Waals surface area contributed by atoms with Crippen LogP contribution in [-0.2, 0) is 13.0 Å². The van der Waals surface area contributed by atoms with Gasteiger partial charge in [0.1, 0.15) is 5.82 Å². The zero-order valence-corrected chi connectivity index (χ0v) is 18.0. The summed E-state index contributed by atoms with van der Waals surface area (Å²) in [5.41, 5.74) is 2.12. The predicted octanol–water partition coefficient (Wildman–Crippen LogP) is 2.64. The van der Waals surface area contributed by atoms with Crippen molar-refractivity contribution < 1.29 is 4.52 Å². The second-order valence-corrected chi connectivity index (χ2v) is 5.92. The highest BCUT2D eigenvalue weighted by Gasteiger charge is 2.10. The molecule has 27 heavy (non-hydrogen) atoms. The van der Waals surface area contributed by atoms with E-state index in [1.54, 1.807) is 14.0 Å². The number of imidazole rings is 1. The summed E-state index contributed by atoms with van der Waals surface area (Å²) in [6, 6.07) is 10.1. The van der Waals surface area contributed by atoms with Gasteiger partial charge in [-0.15, -0.1) is 24.0 Å². The van der Waals surface area contributed by atoms with E-state index in [-0.39, 0.29) is 24.0 Å². The number of hydrogen-bond donors (Lipinski definition) is 2. The highest BCUT2D eigenvalue weighted by atomic mass is 127. The Labute approximate surface area is 175 Å². The van der Waals surface area contributed by atoms with Crippen molar-refractivity contribution in [3.63, 3.8) is 0 Å². The Morgan fingerprint density at radius 3 is 2.74 bits per heavy atom. The van der Waals surface area contributed by atoms with E-state index >= 15 is 0 Å². The Kier molecular flexibility index (Phi) is 7.77. The van der Waals surface area contributed by atoms with Crippen molar-refractivity contribution in [1.29, 1.82) is 0 Å². The van der Waals surface area contributed by atoms with Crippen LogP contribution in [0.3, 0.4) is 0 Å². The lowest BCUT2D eigenvalue weighted by molar-refractivity contribution is 0.373. The molecule has 0 saturated heterocycles. The maximum atomic E-state index is 5.11. The molecule has 9 heteroatoms. The van der Waals surface area contributed by atoms with E-state index in [2.05, 4.69) is 42.6 Å². The monoisotopic (exact) mass is 481 g/mol. The molecule has 3 aromatic rings. The largest absolute Gasteiger partial charge is 0.356 e. The lowest BCUT2D eigenvalue weighted by Gasteiger charge is -2.20. The number of aryl methyl sites for hydroxylation is 1. The van der Waals surface area contributed by atoms with Crippen LogP contribution in [0.25, 0.3) is 11.3 Å². The van der Waals surface area contributed by atoms with Crippen molar-refractivity contribution in [1.82, 2.24) is 30.3 Å². The van der Waals surface area contributed by atoms with Crippen LogP contribution in [0.4, 0.5) is 0 Å². The second kappa shape index (κ2) is 10.0. The summed E-state index contributed by atoms with van der Waals surface area (Å²) < 4.78 is 5.11. The summed E-state index contributed by atoms with van der Waals surface area (Å²) >= 11 is 0. The fraction of sp³-hybridized carbons (Fsp3) is 0.333. The van der Waals surface area contributed by atoms with Gasteiger partial charge in [0.25, 0.3) is 0 Å². The van der Waals surface area contributed by atoms with Gasteiger partial charge in [-0.3, -0.25) is 4.99 Å². The number of H-pyrrole nitrogens is 1. The molecule has 0 amide bonds. The first-order valence-electron chi connectivity index (χ1n) is 8.46. The van der Waals surface area contributed by atoms with Gasteiger partial charge >= 0.3 is 0 Å². The fourth-order valence-electron chi connectivity index (χ4n) is 2.61. The number of aromatic amines is 1. The van der Waals surface area contributed by atoms with Crippen molar-refractivity contribution in [2.24, 2.45) is 4.99 Å². The lowest BCUT2D eigenvalue weighted by Crippen LogP contribution is -2.39. The summed E-state index contributed by atoms with van der Waals surface area (Å²) in [7, 11) is 3.73. The topological polar surface area (TPSA) is 95.2 Å². The molecule has 0 radical (unpaired) electrons. The second-order valence-electron chi connectivity index (χ2n) is 5.92. The molecule has 0 aliphatic rings. The van der Waals surface area contributed by atoms with Gasteiger partial charge in [0.2, 0.25) is 5.89 Å². The Hall–Kier alpha value is -2.43. The van der Waals surface area contributed by atoms with E-state index in [9.17, 15) is 0 Å². The fourth-order valence-corrected chi connectivity index (χ4v) is 2.61. The zero-order valence-electron chi connectivity index (χ0n) is 15.6.